The Morgan fingerprint density at radius 1 is 1.27 bits per heavy atom. The van der Waals surface area contributed by atoms with Crippen LogP contribution < -0.4 is 28.5 Å². The van der Waals surface area contributed by atoms with Crippen LogP contribution in [-0.4, -0.2) is 4.98 Å². The molecule has 0 aliphatic rings. The fourth-order valence-electron chi connectivity index (χ4n) is 0.899. The lowest BCUT2D eigenvalue weighted by Crippen LogP contribution is -3.00. The van der Waals surface area contributed by atoms with Crippen LogP contribution in [0.25, 0.3) is 0 Å². The predicted molar refractivity (Wildman–Crippen MR) is 40.5 cm³/mol. The van der Waals surface area contributed by atoms with Crippen molar-refractivity contribution in [2.75, 3.05) is 0 Å². The normalized spacial score (nSPS) is 12.7. The van der Waals surface area contributed by atoms with Gasteiger partial charge in [0.15, 0.2) is 0 Å². The van der Waals surface area contributed by atoms with Crippen LogP contribution in [0.4, 0.5) is 0 Å². The van der Waals surface area contributed by atoms with Gasteiger partial charge < -0.3 is 24.0 Å². The maximum absolute atomic E-state index is 3.03. The summed E-state index contributed by atoms with van der Waals surface area (Å²) in [6, 6.07) is 0.589. The van der Waals surface area contributed by atoms with Gasteiger partial charge in [0, 0.05) is 0 Å². The molecule has 3 heteroatoms. The quantitative estimate of drug-likeness (QED) is 0.498. The standard InChI is InChI=1S/C8H14N2.HI/c1-7(2)8(3)10-5-4-9-6-10;/h4-8H,1-3H3;1H. The zero-order valence-electron chi connectivity index (χ0n) is 7.21. The predicted octanol–water partition coefficient (Wildman–Crippen LogP) is -1.48. The summed E-state index contributed by atoms with van der Waals surface area (Å²) in [5.41, 5.74) is 0. The number of hydrogen-bond acceptors (Lipinski definition) is 0. The maximum Gasteiger partial charge on any atom is 0.241 e. The number of nitrogens with zero attached hydrogens (tertiary/aromatic N) is 1. The van der Waals surface area contributed by atoms with Crippen molar-refractivity contribution in [3.63, 3.8) is 0 Å². The van der Waals surface area contributed by atoms with E-state index in [1.54, 1.807) is 0 Å². The van der Waals surface area contributed by atoms with Crippen LogP contribution in [0.3, 0.4) is 0 Å². The molecule has 1 heterocycles. The van der Waals surface area contributed by atoms with Crippen LogP contribution in [0.15, 0.2) is 18.7 Å². The Morgan fingerprint density at radius 2 is 1.91 bits per heavy atom. The van der Waals surface area contributed by atoms with Gasteiger partial charge in [0.2, 0.25) is 6.33 Å². The number of aromatic nitrogens is 2. The Kier molecular flexibility index (Phi) is 4.72. The first-order valence-corrected chi connectivity index (χ1v) is 3.75. The van der Waals surface area contributed by atoms with Crippen molar-refractivity contribution >= 4 is 0 Å². The molecule has 0 amide bonds. The van der Waals surface area contributed by atoms with Gasteiger partial charge in [-0.25, -0.2) is 4.57 Å². The van der Waals surface area contributed by atoms with Crippen LogP contribution in [-0.2, 0) is 0 Å². The Hall–Kier alpha value is -0.0600. The van der Waals surface area contributed by atoms with E-state index in [0.29, 0.717) is 12.0 Å². The number of aromatic amines is 1. The van der Waals surface area contributed by atoms with Gasteiger partial charge in [-0.15, -0.1) is 0 Å². The summed E-state index contributed by atoms with van der Waals surface area (Å²) in [6.07, 6.45) is 5.99. The molecule has 0 fully saturated rings. The molecule has 64 valence electrons. The molecule has 0 saturated carbocycles. The molecule has 11 heavy (non-hydrogen) atoms. The fraction of sp³-hybridized carbons (Fsp3) is 0.625. The molecule has 0 saturated heterocycles. The third-order valence-corrected chi connectivity index (χ3v) is 2.00. The first-order valence-electron chi connectivity index (χ1n) is 3.75. The van der Waals surface area contributed by atoms with Gasteiger partial charge >= 0.3 is 0 Å². The van der Waals surface area contributed by atoms with E-state index in [9.17, 15) is 0 Å². The number of halogens is 1. The van der Waals surface area contributed by atoms with Crippen LogP contribution in [0.2, 0.25) is 0 Å². The molecule has 1 aromatic rings. The van der Waals surface area contributed by atoms with Crippen LogP contribution >= 0.6 is 0 Å². The molecular weight excluding hydrogens is 251 g/mol. The molecule has 0 aromatic carbocycles. The second kappa shape index (κ2) is 4.74. The summed E-state index contributed by atoms with van der Waals surface area (Å²) in [5, 5.41) is 0. The van der Waals surface area contributed by atoms with Gasteiger partial charge in [-0.3, -0.25) is 4.98 Å². The van der Waals surface area contributed by atoms with E-state index in [0.717, 1.165) is 0 Å². The minimum atomic E-state index is 0. The third kappa shape index (κ3) is 2.81. The van der Waals surface area contributed by atoms with Crippen molar-refractivity contribution in [1.82, 2.24) is 4.98 Å². The second-order valence-electron chi connectivity index (χ2n) is 3.04. The highest BCUT2D eigenvalue weighted by molar-refractivity contribution is 4.59. The average Bonchev–Trinajstić information content (AvgIpc) is 2.36. The summed E-state index contributed by atoms with van der Waals surface area (Å²) < 4.78 is 2.19. The minimum absolute atomic E-state index is 0. The number of nitrogens with one attached hydrogen (secondary N) is 1. The van der Waals surface area contributed by atoms with Crippen molar-refractivity contribution in [2.45, 2.75) is 26.8 Å². The largest absolute Gasteiger partial charge is 1.00 e. The molecule has 1 N–H and O–H groups in total. The Balaban J connectivity index is 0.000001000. The van der Waals surface area contributed by atoms with Crippen molar-refractivity contribution < 1.29 is 28.5 Å². The SMILES string of the molecule is CC(C)C(C)[n+]1cc[nH]c1.[I-]. The van der Waals surface area contributed by atoms with Crippen LogP contribution in [0.1, 0.15) is 26.8 Å². The zero-order chi connectivity index (χ0) is 7.56. The second-order valence-corrected chi connectivity index (χ2v) is 3.04. The summed E-state index contributed by atoms with van der Waals surface area (Å²) in [7, 11) is 0. The van der Waals surface area contributed by atoms with E-state index in [1.807, 2.05) is 12.5 Å². The van der Waals surface area contributed by atoms with E-state index in [-0.39, 0.29) is 24.0 Å². The number of imidazole rings is 1. The first-order chi connectivity index (χ1) is 4.72. The molecule has 0 radical (unpaired) electrons. The zero-order valence-corrected chi connectivity index (χ0v) is 9.37. The molecule has 1 atom stereocenters. The molecule has 1 unspecified atom stereocenters. The summed E-state index contributed by atoms with van der Waals surface area (Å²) in [5.74, 6) is 0.695. The van der Waals surface area contributed by atoms with Crippen LogP contribution in [0.5, 0.6) is 0 Å². The molecule has 1 rings (SSSR count). The maximum atomic E-state index is 3.03. The summed E-state index contributed by atoms with van der Waals surface area (Å²) in [4.78, 5) is 3.03. The monoisotopic (exact) mass is 266 g/mol. The summed E-state index contributed by atoms with van der Waals surface area (Å²) >= 11 is 0. The Morgan fingerprint density at radius 3 is 2.27 bits per heavy atom. The van der Waals surface area contributed by atoms with Crippen molar-refractivity contribution in [3.05, 3.63) is 18.7 Å². The molecular formula is C8H15IN2. The highest BCUT2D eigenvalue weighted by Gasteiger charge is 2.12. The molecule has 0 aliphatic carbocycles. The van der Waals surface area contributed by atoms with E-state index in [4.69, 9.17) is 0 Å². The van der Waals surface area contributed by atoms with Gasteiger partial charge in [-0.05, 0) is 12.8 Å². The van der Waals surface area contributed by atoms with Crippen molar-refractivity contribution in [1.29, 1.82) is 0 Å². The molecule has 0 spiro atoms. The first kappa shape index (κ1) is 10.9. The lowest BCUT2D eigenvalue weighted by atomic mass is 10.1. The number of H-pyrrole nitrogens is 1. The lowest BCUT2D eigenvalue weighted by Gasteiger charge is -2.10. The number of rotatable bonds is 2. The van der Waals surface area contributed by atoms with E-state index >= 15 is 0 Å². The Bertz CT molecular complexity index is 182. The van der Waals surface area contributed by atoms with Crippen molar-refractivity contribution in [3.8, 4) is 0 Å². The van der Waals surface area contributed by atoms with Gasteiger partial charge in [-0.1, -0.05) is 13.8 Å². The minimum Gasteiger partial charge on any atom is -1.00 e. The Labute approximate surface area is 85.0 Å². The fourth-order valence-corrected chi connectivity index (χ4v) is 0.899. The highest BCUT2D eigenvalue weighted by atomic mass is 127. The van der Waals surface area contributed by atoms with Gasteiger partial charge in [-0.2, -0.15) is 0 Å². The smallest absolute Gasteiger partial charge is 0.241 e. The third-order valence-electron chi connectivity index (χ3n) is 2.00. The number of hydrogen-bond donors (Lipinski definition) is 1. The molecule has 2 nitrogen and oxygen atoms in total. The average molecular weight is 266 g/mol. The van der Waals surface area contributed by atoms with E-state index < -0.39 is 0 Å². The molecule has 0 aliphatic heterocycles. The topological polar surface area (TPSA) is 19.7 Å². The summed E-state index contributed by atoms with van der Waals surface area (Å²) in [6.45, 7) is 6.67. The van der Waals surface area contributed by atoms with Gasteiger partial charge in [0.1, 0.15) is 12.4 Å². The molecule has 0 bridgehead atoms. The van der Waals surface area contributed by atoms with Crippen molar-refractivity contribution in [2.24, 2.45) is 5.92 Å². The highest BCUT2D eigenvalue weighted by Crippen LogP contribution is 2.07. The van der Waals surface area contributed by atoms with E-state index in [1.165, 1.54) is 0 Å². The lowest BCUT2D eigenvalue weighted by molar-refractivity contribution is -0.724. The molecule has 1 aromatic heterocycles. The van der Waals surface area contributed by atoms with E-state index in [2.05, 4.69) is 36.5 Å². The van der Waals surface area contributed by atoms with Crippen LogP contribution in [0, 0.1) is 5.92 Å². The van der Waals surface area contributed by atoms with Gasteiger partial charge in [0.05, 0.1) is 6.04 Å². The van der Waals surface area contributed by atoms with Gasteiger partial charge in [0.25, 0.3) is 0 Å².